The lowest BCUT2D eigenvalue weighted by Crippen LogP contribution is -2.14. The van der Waals surface area contributed by atoms with Gasteiger partial charge in [-0.3, -0.25) is 5.10 Å². The highest BCUT2D eigenvalue weighted by atomic mass is 16.5. The summed E-state index contributed by atoms with van der Waals surface area (Å²) in [5.74, 6) is 3.82. The van der Waals surface area contributed by atoms with Gasteiger partial charge < -0.3 is 24.7 Å². The van der Waals surface area contributed by atoms with Gasteiger partial charge in [-0.15, -0.1) is 0 Å². The first-order valence-corrected chi connectivity index (χ1v) is 8.89. The molecule has 0 bridgehead atoms. The van der Waals surface area contributed by atoms with E-state index in [4.69, 9.17) is 24.7 Å². The van der Waals surface area contributed by atoms with Crippen molar-refractivity contribution in [2.45, 2.75) is 19.6 Å². The summed E-state index contributed by atoms with van der Waals surface area (Å²) < 4.78 is 21.7. The molecule has 1 heterocycles. The second-order valence-corrected chi connectivity index (χ2v) is 5.93. The minimum absolute atomic E-state index is 0.249. The number of nitrogens with two attached hydrogens (primary N) is 1. The molecule has 0 saturated heterocycles. The number of hydrogen-bond acceptors (Lipinski definition) is 7. The lowest BCUT2D eigenvalue weighted by molar-refractivity contribution is 0.295. The molecular weight excluding hydrogens is 360 g/mol. The van der Waals surface area contributed by atoms with Crippen LogP contribution in [-0.2, 0) is 6.61 Å². The van der Waals surface area contributed by atoms with Gasteiger partial charge in [0, 0.05) is 0 Å². The van der Waals surface area contributed by atoms with E-state index in [1.165, 1.54) is 0 Å². The summed E-state index contributed by atoms with van der Waals surface area (Å²) in [7, 11) is 3.22. The molecule has 1 atom stereocenters. The quantitative estimate of drug-likeness (QED) is 0.584. The summed E-state index contributed by atoms with van der Waals surface area (Å²) in [6.45, 7) is 2.69. The molecule has 0 spiro atoms. The lowest BCUT2D eigenvalue weighted by atomic mass is 10.1. The molecule has 3 aromatic rings. The van der Waals surface area contributed by atoms with Crippen LogP contribution >= 0.6 is 0 Å². The van der Waals surface area contributed by atoms with Gasteiger partial charge in [0.25, 0.3) is 0 Å². The molecule has 0 fully saturated rings. The van der Waals surface area contributed by atoms with Gasteiger partial charge >= 0.3 is 0 Å². The zero-order chi connectivity index (χ0) is 19.9. The normalized spacial score (nSPS) is 11.7. The molecule has 0 amide bonds. The average molecular weight is 384 g/mol. The zero-order valence-corrected chi connectivity index (χ0v) is 16.1. The lowest BCUT2D eigenvalue weighted by Gasteiger charge is -2.13. The third-order valence-electron chi connectivity index (χ3n) is 4.11. The molecule has 1 unspecified atom stereocenters. The third kappa shape index (κ3) is 4.52. The van der Waals surface area contributed by atoms with Crippen LogP contribution in [0.25, 0.3) is 0 Å². The molecule has 2 aromatic carbocycles. The van der Waals surface area contributed by atoms with E-state index in [0.717, 1.165) is 11.3 Å². The second kappa shape index (κ2) is 9.09. The highest BCUT2D eigenvalue weighted by molar-refractivity contribution is 5.44. The van der Waals surface area contributed by atoms with E-state index < -0.39 is 6.04 Å². The molecule has 0 aliphatic heterocycles. The Morgan fingerprint density at radius 3 is 2.39 bits per heavy atom. The Morgan fingerprint density at radius 2 is 1.71 bits per heavy atom. The van der Waals surface area contributed by atoms with Gasteiger partial charge in [-0.25, -0.2) is 4.98 Å². The predicted molar refractivity (Wildman–Crippen MR) is 104 cm³/mol. The SMILES string of the molecule is CCOc1cc(C(N)c2n[nH]c(COc3ccc(OC)cc3)n2)ccc1OC. The summed E-state index contributed by atoms with van der Waals surface area (Å²) >= 11 is 0. The van der Waals surface area contributed by atoms with E-state index in [2.05, 4.69) is 15.2 Å². The van der Waals surface area contributed by atoms with Gasteiger partial charge in [0.15, 0.2) is 23.1 Å². The molecule has 3 rings (SSSR count). The molecule has 0 radical (unpaired) electrons. The Morgan fingerprint density at radius 1 is 0.964 bits per heavy atom. The number of benzene rings is 2. The van der Waals surface area contributed by atoms with E-state index in [1.807, 2.05) is 49.4 Å². The van der Waals surface area contributed by atoms with Crippen molar-refractivity contribution in [3.63, 3.8) is 0 Å². The van der Waals surface area contributed by atoms with Crippen LogP contribution in [0.2, 0.25) is 0 Å². The summed E-state index contributed by atoms with van der Waals surface area (Å²) in [4.78, 5) is 4.44. The van der Waals surface area contributed by atoms with Crippen LogP contribution in [-0.4, -0.2) is 36.0 Å². The van der Waals surface area contributed by atoms with E-state index in [1.54, 1.807) is 14.2 Å². The minimum atomic E-state index is -0.504. The smallest absolute Gasteiger partial charge is 0.172 e. The first kappa shape index (κ1) is 19.5. The summed E-state index contributed by atoms with van der Waals surface area (Å²) in [5, 5.41) is 7.08. The number of ether oxygens (including phenoxy) is 4. The standard InChI is InChI=1S/C20H24N4O4/c1-4-27-17-11-13(5-10-16(17)26-3)19(21)20-22-18(23-24-20)12-28-15-8-6-14(25-2)7-9-15/h5-11,19H,4,12,21H2,1-3H3,(H,22,23,24). The average Bonchev–Trinajstić information content (AvgIpc) is 3.21. The van der Waals surface area contributed by atoms with E-state index in [9.17, 15) is 0 Å². The molecule has 148 valence electrons. The topological polar surface area (TPSA) is 105 Å². The molecule has 28 heavy (non-hydrogen) atoms. The van der Waals surface area contributed by atoms with Crippen molar-refractivity contribution in [3.8, 4) is 23.0 Å². The number of nitrogens with one attached hydrogen (secondary N) is 1. The monoisotopic (exact) mass is 384 g/mol. The molecule has 8 heteroatoms. The van der Waals surface area contributed by atoms with Gasteiger partial charge in [0.05, 0.1) is 26.9 Å². The van der Waals surface area contributed by atoms with E-state index in [0.29, 0.717) is 35.5 Å². The Bertz CT molecular complexity index is 895. The molecule has 1 aromatic heterocycles. The Hall–Kier alpha value is -3.26. The summed E-state index contributed by atoms with van der Waals surface area (Å²) in [5.41, 5.74) is 7.15. The van der Waals surface area contributed by atoms with Crippen LogP contribution in [0.5, 0.6) is 23.0 Å². The summed E-state index contributed by atoms with van der Waals surface area (Å²) in [6, 6.07) is 12.3. The Balaban J connectivity index is 1.67. The zero-order valence-electron chi connectivity index (χ0n) is 16.1. The first-order chi connectivity index (χ1) is 13.6. The van der Waals surface area contributed by atoms with Crippen molar-refractivity contribution in [2.24, 2.45) is 5.73 Å². The maximum atomic E-state index is 6.33. The largest absolute Gasteiger partial charge is 0.497 e. The first-order valence-electron chi connectivity index (χ1n) is 8.89. The fourth-order valence-corrected chi connectivity index (χ4v) is 2.64. The maximum absolute atomic E-state index is 6.33. The molecule has 0 saturated carbocycles. The van der Waals surface area contributed by atoms with Crippen molar-refractivity contribution in [1.29, 1.82) is 0 Å². The van der Waals surface area contributed by atoms with Crippen LogP contribution < -0.4 is 24.7 Å². The number of rotatable bonds is 9. The number of aromatic nitrogens is 3. The number of H-pyrrole nitrogens is 1. The van der Waals surface area contributed by atoms with Crippen LogP contribution in [0.15, 0.2) is 42.5 Å². The third-order valence-corrected chi connectivity index (χ3v) is 4.11. The van der Waals surface area contributed by atoms with Crippen molar-refractivity contribution >= 4 is 0 Å². The Labute approximate surface area is 163 Å². The molecular formula is C20H24N4O4. The van der Waals surface area contributed by atoms with Gasteiger partial charge in [0.1, 0.15) is 18.1 Å². The van der Waals surface area contributed by atoms with Crippen LogP contribution in [0.1, 0.15) is 30.2 Å². The molecule has 3 N–H and O–H groups in total. The molecule has 0 aliphatic carbocycles. The van der Waals surface area contributed by atoms with Gasteiger partial charge in [0.2, 0.25) is 0 Å². The number of methoxy groups -OCH3 is 2. The van der Waals surface area contributed by atoms with Crippen molar-refractivity contribution in [2.75, 3.05) is 20.8 Å². The molecule has 0 aliphatic rings. The van der Waals surface area contributed by atoms with E-state index in [-0.39, 0.29) is 6.61 Å². The second-order valence-electron chi connectivity index (χ2n) is 5.93. The number of aromatic amines is 1. The fourth-order valence-electron chi connectivity index (χ4n) is 2.64. The van der Waals surface area contributed by atoms with Crippen LogP contribution in [0.4, 0.5) is 0 Å². The van der Waals surface area contributed by atoms with Gasteiger partial charge in [-0.2, -0.15) is 5.10 Å². The highest BCUT2D eigenvalue weighted by Crippen LogP contribution is 2.31. The predicted octanol–water partition coefficient (Wildman–Crippen LogP) is 2.85. The molecule has 8 nitrogen and oxygen atoms in total. The minimum Gasteiger partial charge on any atom is -0.497 e. The van der Waals surface area contributed by atoms with Crippen LogP contribution in [0, 0.1) is 0 Å². The fraction of sp³-hybridized carbons (Fsp3) is 0.300. The Kier molecular flexibility index (Phi) is 6.33. The van der Waals surface area contributed by atoms with Crippen molar-refractivity contribution in [3.05, 3.63) is 59.7 Å². The highest BCUT2D eigenvalue weighted by Gasteiger charge is 2.17. The van der Waals surface area contributed by atoms with Crippen molar-refractivity contribution < 1.29 is 18.9 Å². The summed E-state index contributed by atoms with van der Waals surface area (Å²) in [6.07, 6.45) is 0. The number of nitrogens with zero attached hydrogens (tertiary/aromatic N) is 2. The van der Waals surface area contributed by atoms with Crippen molar-refractivity contribution in [1.82, 2.24) is 15.2 Å². The maximum Gasteiger partial charge on any atom is 0.172 e. The van der Waals surface area contributed by atoms with Gasteiger partial charge in [-0.05, 0) is 48.9 Å². The number of hydrogen-bond donors (Lipinski definition) is 2. The van der Waals surface area contributed by atoms with Crippen LogP contribution in [0.3, 0.4) is 0 Å². The van der Waals surface area contributed by atoms with Gasteiger partial charge in [-0.1, -0.05) is 6.07 Å². The van der Waals surface area contributed by atoms with E-state index >= 15 is 0 Å².